The Balaban J connectivity index is 1.37. The fraction of sp³-hybridized carbons (Fsp3) is 0.455. The Hall–Kier alpha value is -2.20. The molecule has 0 bridgehead atoms. The fourth-order valence-corrected chi connectivity index (χ4v) is 4.77. The van der Waals surface area contributed by atoms with Crippen LogP contribution in [0.3, 0.4) is 0 Å². The molecule has 8 nitrogen and oxygen atoms in total. The molecule has 31 heavy (non-hydrogen) atoms. The Morgan fingerprint density at radius 2 is 1.94 bits per heavy atom. The number of pyridine rings is 1. The lowest BCUT2D eigenvalue weighted by Crippen LogP contribution is -2.48. The van der Waals surface area contributed by atoms with Gasteiger partial charge >= 0.3 is 0 Å². The predicted octanol–water partition coefficient (Wildman–Crippen LogP) is 2.87. The molecule has 2 atom stereocenters. The Kier molecular flexibility index (Phi) is 5.60. The fourth-order valence-electron chi connectivity index (χ4n) is 4.22. The van der Waals surface area contributed by atoms with E-state index >= 15 is 0 Å². The number of imidazole rings is 1. The van der Waals surface area contributed by atoms with Gasteiger partial charge in [-0.15, -0.1) is 0 Å². The quantitative estimate of drug-likeness (QED) is 0.519. The van der Waals surface area contributed by atoms with E-state index in [-0.39, 0.29) is 12.5 Å². The standard InChI is InChI=1S/C22H28BrN7O/c1-4-24-21-22(31-21)30-11-9-29(10-12-30)18-16(23)13-25-20-17(18)26-19(27-20)14-5-7-15(8-6-14)28(2)3/h5-8,13,21-22,24H,4,9-12H2,1-3H3,(H,25,26,27). The van der Waals surface area contributed by atoms with Crippen LogP contribution >= 0.6 is 15.9 Å². The maximum absolute atomic E-state index is 5.77. The normalized spacial score (nSPS) is 21.6. The number of nitrogens with one attached hydrogen (secondary N) is 2. The number of halogens is 1. The number of aromatic amines is 1. The third kappa shape index (κ3) is 4.03. The summed E-state index contributed by atoms with van der Waals surface area (Å²) in [7, 11) is 4.08. The molecular formula is C22H28BrN7O. The number of nitrogens with zero attached hydrogens (tertiary/aromatic N) is 5. The lowest BCUT2D eigenvalue weighted by molar-refractivity contribution is 0.166. The Morgan fingerprint density at radius 1 is 1.19 bits per heavy atom. The molecule has 164 valence electrons. The van der Waals surface area contributed by atoms with Crippen LogP contribution in [0.1, 0.15) is 6.92 Å². The van der Waals surface area contributed by atoms with Crippen molar-refractivity contribution in [2.45, 2.75) is 19.4 Å². The zero-order valence-corrected chi connectivity index (χ0v) is 19.7. The number of aromatic nitrogens is 3. The van der Waals surface area contributed by atoms with Crippen molar-refractivity contribution in [3.8, 4) is 11.4 Å². The van der Waals surface area contributed by atoms with Crippen LogP contribution in [0, 0.1) is 0 Å². The molecule has 5 rings (SSSR count). The van der Waals surface area contributed by atoms with E-state index in [1.165, 1.54) is 0 Å². The summed E-state index contributed by atoms with van der Waals surface area (Å²) in [6.07, 6.45) is 2.26. The summed E-state index contributed by atoms with van der Waals surface area (Å²) < 4.78 is 6.75. The molecule has 4 heterocycles. The molecule has 3 aromatic rings. The highest BCUT2D eigenvalue weighted by atomic mass is 79.9. The minimum Gasteiger partial charge on any atom is -0.378 e. The minimum atomic E-state index is 0.185. The highest BCUT2D eigenvalue weighted by molar-refractivity contribution is 9.10. The Labute approximate surface area is 190 Å². The van der Waals surface area contributed by atoms with E-state index in [2.05, 4.69) is 77.1 Å². The third-order valence-electron chi connectivity index (χ3n) is 5.97. The topological polar surface area (TPSA) is 75.8 Å². The van der Waals surface area contributed by atoms with Crippen LogP contribution < -0.4 is 15.1 Å². The van der Waals surface area contributed by atoms with E-state index in [1.54, 1.807) is 0 Å². The Morgan fingerprint density at radius 3 is 2.61 bits per heavy atom. The lowest BCUT2D eigenvalue weighted by Gasteiger charge is -2.35. The second-order valence-electron chi connectivity index (χ2n) is 8.21. The molecular weight excluding hydrogens is 458 g/mol. The second-order valence-corrected chi connectivity index (χ2v) is 9.06. The van der Waals surface area contributed by atoms with E-state index < -0.39 is 0 Å². The first-order valence-corrected chi connectivity index (χ1v) is 11.5. The molecule has 2 aromatic heterocycles. The van der Waals surface area contributed by atoms with Crippen LogP contribution in [0.5, 0.6) is 0 Å². The SMILES string of the molecule is CCNC1OC1N1CCN(c2c(Br)cnc3nc(-c4ccc(N(C)C)cc4)[nH]c23)CC1. The van der Waals surface area contributed by atoms with E-state index in [1.807, 2.05) is 20.3 Å². The zero-order chi connectivity index (χ0) is 21.5. The third-order valence-corrected chi connectivity index (χ3v) is 6.55. The maximum Gasteiger partial charge on any atom is 0.180 e. The summed E-state index contributed by atoms with van der Waals surface area (Å²) in [5, 5.41) is 3.36. The van der Waals surface area contributed by atoms with Crippen LogP contribution in [0.4, 0.5) is 11.4 Å². The van der Waals surface area contributed by atoms with Crippen LogP contribution in [0.2, 0.25) is 0 Å². The van der Waals surface area contributed by atoms with Gasteiger partial charge in [0, 0.05) is 57.7 Å². The molecule has 1 aromatic carbocycles. The number of hydrogen-bond acceptors (Lipinski definition) is 7. The minimum absolute atomic E-state index is 0.185. The van der Waals surface area contributed by atoms with Crippen LogP contribution in [-0.4, -0.2) is 79.1 Å². The lowest BCUT2D eigenvalue weighted by atomic mass is 10.2. The first-order chi connectivity index (χ1) is 15.0. The van der Waals surface area contributed by atoms with Gasteiger partial charge in [0.1, 0.15) is 11.3 Å². The average molecular weight is 486 g/mol. The van der Waals surface area contributed by atoms with Crippen molar-refractivity contribution >= 4 is 38.5 Å². The molecule has 0 radical (unpaired) electrons. The maximum atomic E-state index is 5.77. The molecule has 2 aliphatic rings. The average Bonchev–Trinajstić information content (AvgIpc) is 3.41. The van der Waals surface area contributed by atoms with Gasteiger partial charge in [-0.1, -0.05) is 6.92 Å². The molecule has 2 aliphatic heterocycles. The van der Waals surface area contributed by atoms with E-state index in [0.717, 1.165) is 71.1 Å². The van der Waals surface area contributed by atoms with Gasteiger partial charge in [-0.25, -0.2) is 9.97 Å². The smallest absolute Gasteiger partial charge is 0.180 e. The number of H-pyrrole nitrogens is 1. The number of benzene rings is 1. The van der Waals surface area contributed by atoms with Crippen LogP contribution in [-0.2, 0) is 4.74 Å². The molecule has 0 saturated carbocycles. The first kappa shape index (κ1) is 20.7. The first-order valence-electron chi connectivity index (χ1n) is 10.7. The van der Waals surface area contributed by atoms with Gasteiger partial charge in [-0.3, -0.25) is 10.2 Å². The van der Waals surface area contributed by atoms with Crippen LogP contribution in [0.15, 0.2) is 34.9 Å². The van der Waals surface area contributed by atoms with Gasteiger partial charge in [0.15, 0.2) is 18.1 Å². The van der Waals surface area contributed by atoms with Crippen molar-refractivity contribution in [2.75, 3.05) is 56.6 Å². The summed E-state index contributed by atoms with van der Waals surface area (Å²) in [4.78, 5) is 19.8. The Bertz CT molecular complexity index is 1060. The number of hydrogen-bond donors (Lipinski definition) is 2. The summed E-state index contributed by atoms with van der Waals surface area (Å²) in [5.41, 5.74) is 5.06. The van der Waals surface area contributed by atoms with Crippen molar-refractivity contribution in [3.05, 3.63) is 34.9 Å². The van der Waals surface area contributed by atoms with Crippen molar-refractivity contribution < 1.29 is 4.74 Å². The summed E-state index contributed by atoms with van der Waals surface area (Å²) >= 11 is 3.72. The number of fused-ring (bicyclic) bond motifs is 1. The zero-order valence-electron chi connectivity index (χ0n) is 18.1. The van der Waals surface area contributed by atoms with Crippen molar-refractivity contribution in [2.24, 2.45) is 0 Å². The molecule has 0 spiro atoms. The van der Waals surface area contributed by atoms with Crippen molar-refractivity contribution in [3.63, 3.8) is 0 Å². The van der Waals surface area contributed by atoms with Gasteiger partial charge in [0.2, 0.25) is 0 Å². The molecule has 2 N–H and O–H groups in total. The highest BCUT2D eigenvalue weighted by Gasteiger charge is 2.44. The van der Waals surface area contributed by atoms with E-state index in [0.29, 0.717) is 0 Å². The van der Waals surface area contributed by atoms with Crippen LogP contribution in [0.25, 0.3) is 22.6 Å². The monoisotopic (exact) mass is 485 g/mol. The second kappa shape index (κ2) is 8.38. The van der Waals surface area contributed by atoms with E-state index in [4.69, 9.17) is 9.72 Å². The molecule has 0 aliphatic carbocycles. The molecule has 2 unspecified atom stereocenters. The summed E-state index contributed by atoms with van der Waals surface area (Å²) in [5.74, 6) is 0.839. The number of epoxide rings is 1. The molecule has 2 saturated heterocycles. The number of rotatable bonds is 6. The predicted molar refractivity (Wildman–Crippen MR) is 127 cm³/mol. The molecule has 0 amide bonds. The van der Waals surface area contributed by atoms with Crippen molar-refractivity contribution in [1.29, 1.82) is 0 Å². The van der Waals surface area contributed by atoms with Gasteiger partial charge in [-0.05, 0) is 46.7 Å². The largest absolute Gasteiger partial charge is 0.378 e. The van der Waals surface area contributed by atoms with E-state index in [9.17, 15) is 0 Å². The molecule has 2 fully saturated rings. The van der Waals surface area contributed by atoms with Gasteiger partial charge in [-0.2, -0.15) is 0 Å². The van der Waals surface area contributed by atoms with Gasteiger partial charge in [0.25, 0.3) is 0 Å². The summed E-state index contributed by atoms with van der Waals surface area (Å²) in [6.45, 7) is 6.84. The highest BCUT2D eigenvalue weighted by Crippen LogP contribution is 2.35. The van der Waals surface area contributed by atoms with Crippen molar-refractivity contribution in [1.82, 2.24) is 25.2 Å². The number of likely N-dealkylation sites (N-methyl/N-ethyl adjacent to an activating group) is 1. The number of ether oxygens (including phenoxy) is 1. The van der Waals surface area contributed by atoms with Gasteiger partial charge in [0.05, 0.1) is 10.2 Å². The molecule has 9 heteroatoms. The number of piperazine rings is 1. The number of anilines is 2. The van der Waals surface area contributed by atoms with Gasteiger partial charge < -0.3 is 19.5 Å². The summed E-state index contributed by atoms with van der Waals surface area (Å²) in [6, 6.07) is 8.40.